The predicted octanol–water partition coefficient (Wildman–Crippen LogP) is 0.919. The second-order valence-corrected chi connectivity index (χ2v) is 5.35. The number of aromatic amines is 1. The molecule has 1 aliphatic heterocycles. The number of aromatic nitrogens is 1. The van der Waals surface area contributed by atoms with E-state index < -0.39 is 0 Å². The van der Waals surface area contributed by atoms with Crippen LogP contribution in [0.4, 0.5) is 0 Å². The monoisotopic (exact) mass is 295 g/mol. The number of hydrogen-bond acceptors (Lipinski definition) is 3. The van der Waals surface area contributed by atoms with Gasteiger partial charge in [-0.1, -0.05) is 18.1 Å². The molecule has 3 rings (SSSR count). The van der Waals surface area contributed by atoms with E-state index in [0.29, 0.717) is 25.0 Å². The summed E-state index contributed by atoms with van der Waals surface area (Å²) in [4.78, 5) is 31.9. The lowest BCUT2D eigenvalue weighted by molar-refractivity contribution is 0.0651. The number of para-hydroxylation sites is 1. The van der Waals surface area contributed by atoms with E-state index in [1.54, 1.807) is 17.0 Å². The Balaban J connectivity index is 1.83. The summed E-state index contributed by atoms with van der Waals surface area (Å²) in [6.45, 7) is 3.25. The lowest BCUT2D eigenvalue weighted by atomic mass is 10.1. The van der Waals surface area contributed by atoms with Gasteiger partial charge in [-0.15, -0.1) is 6.42 Å². The average molecular weight is 295 g/mol. The van der Waals surface area contributed by atoms with Crippen LogP contribution in [0.5, 0.6) is 0 Å². The SMILES string of the molecule is C#CCN1CCN(C(=O)c2c[nH]c3ccccc3c2=O)CC1. The van der Waals surface area contributed by atoms with Gasteiger partial charge in [0.05, 0.1) is 6.54 Å². The topological polar surface area (TPSA) is 56.4 Å². The number of amides is 1. The van der Waals surface area contributed by atoms with Gasteiger partial charge in [-0.05, 0) is 12.1 Å². The normalized spacial score (nSPS) is 15.7. The third-order valence-corrected chi connectivity index (χ3v) is 3.99. The van der Waals surface area contributed by atoms with Gasteiger partial charge in [-0.3, -0.25) is 14.5 Å². The van der Waals surface area contributed by atoms with Gasteiger partial charge < -0.3 is 9.88 Å². The summed E-state index contributed by atoms with van der Waals surface area (Å²) in [5.41, 5.74) is 0.720. The summed E-state index contributed by atoms with van der Waals surface area (Å²) < 4.78 is 0. The lowest BCUT2D eigenvalue weighted by Crippen LogP contribution is -2.49. The maximum absolute atomic E-state index is 12.6. The fourth-order valence-corrected chi connectivity index (χ4v) is 2.73. The molecule has 22 heavy (non-hydrogen) atoms. The number of carbonyl (C=O) groups excluding carboxylic acids is 1. The molecule has 1 aliphatic rings. The third kappa shape index (κ3) is 2.61. The van der Waals surface area contributed by atoms with E-state index in [0.717, 1.165) is 18.6 Å². The lowest BCUT2D eigenvalue weighted by Gasteiger charge is -2.33. The molecule has 1 aromatic carbocycles. The van der Waals surface area contributed by atoms with Crippen LogP contribution in [-0.4, -0.2) is 53.4 Å². The molecule has 112 valence electrons. The molecule has 0 spiro atoms. The van der Waals surface area contributed by atoms with Crippen LogP contribution in [0, 0.1) is 12.3 Å². The molecule has 0 radical (unpaired) electrons. The largest absolute Gasteiger partial charge is 0.360 e. The number of carbonyl (C=O) groups is 1. The molecule has 0 aliphatic carbocycles. The standard InChI is InChI=1S/C17H17N3O2/c1-2-7-19-8-10-20(11-9-19)17(22)14-12-18-15-6-4-3-5-13(15)16(14)21/h1,3-6,12H,7-11H2,(H,18,21). The summed E-state index contributed by atoms with van der Waals surface area (Å²) in [5, 5.41) is 0.541. The van der Waals surface area contributed by atoms with Crippen molar-refractivity contribution in [3.05, 3.63) is 46.2 Å². The van der Waals surface area contributed by atoms with E-state index in [2.05, 4.69) is 15.8 Å². The molecular formula is C17H17N3O2. The van der Waals surface area contributed by atoms with E-state index in [1.807, 2.05) is 12.1 Å². The van der Waals surface area contributed by atoms with Crippen LogP contribution < -0.4 is 5.43 Å². The summed E-state index contributed by atoms with van der Waals surface area (Å²) in [6, 6.07) is 7.20. The second-order valence-electron chi connectivity index (χ2n) is 5.35. The number of benzene rings is 1. The van der Waals surface area contributed by atoms with E-state index in [4.69, 9.17) is 6.42 Å². The van der Waals surface area contributed by atoms with Crippen LogP contribution in [0.25, 0.3) is 10.9 Å². The fourth-order valence-electron chi connectivity index (χ4n) is 2.73. The van der Waals surface area contributed by atoms with Gasteiger partial charge in [0.1, 0.15) is 5.56 Å². The Morgan fingerprint density at radius 2 is 1.95 bits per heavy atom. The number of nitrogens with zero attached hydrogens (tertiary/aromatic N) is 2. The number of piperazine rings is 1. The minimum Gasteiger partial charge on any atom is -0.360 e. The highest BCUT2D eigenvalue weighted by molar-refractivity contribution is 5.97. The number of terminal acetylenes is 1. The number of rotatable bonds is 2. The number of fused-ring (bicyclic) bond motifs is 1. The van der Waals surface area contributed by atoms with Gasteiger partial charge in [0.25, 0.3) is 5.91 Å². The molecule has 2 heterocycles. The Kier molecular flexibility index (Phi) is 3.94. The highest BCUT2D eigenvalue weighted by Crippen LogP contribution is 2.10. The molecule has 1 aromatic heterocycles. The quantitative estimate of drug-likeness (QED) is 0.838. The molecule has 0 atom stereocenters. The van der Waals surface area contributed by atoms with Crippen LogP contribution in [-0.2, 0) is 0 Å². The summed E-state index contributed by atoms with van der Waals surface area (Å²) in [6.07, 6.45) is 6.81. The molecule has 5 heteroatoms. The number of H-pyrrole nitrogens is 1. The first-order valence-electron chi connectivity index (χ1n) is 7.26. The Morgan fingerprint density at radius 3 is 2.68 bits per heavy atom. The van der Waals surface area contributed by atoms with E-state index in [-0.39, 0.29) is 16.9 Å². The van der Waals surface area contributed by atoms with Crippen molar-refractivity contribution in [1.82, 2.24) is 14.8 Å². The summed E-state index contributed by atoms with van der Waals surface area (Å²) >= 11 is 0. The molecule has 1 amide bonds. The van der Waals surface area contributed by atoms with Crippen molar-refractivity contribution >= 4 is 16.8 Å². The molecule has 0 saturated carbocycles. The first-order valence-corrected chi connectivity index (χ1v) is 7.26. The van der Waals surface area contributed by atoms with E-state index in [9.17, 15) is 9.59 Å². The van der Waals surface area contributed by atoms with Gasteiger partial charge in [0, 0.05) is 43.3 Å². The van der Waals surface area contributed by atoms with Gasteiger partial charge in [0.2, 0.25) is 5.43 Å². The molecule has 0 bridgehead atoms. The number of hydrogen-bond donors (Lipinski definition) is 1. The predicted molar refractivity (Wildman–Crippen MR) is 85.7 cm³/mol. The van der Waals surface area contributed by atoms with Gasteiger partial charge in [-0.25, -0.2) is 0 Å². The smallest absolute Gasteiger partial charge is 0.259 e. The van der Waals surface area contributed by atoms with Crippen molar-refractivity contribution in [2.45, 2.75) is 0 Å². The fraction of sp³-hybridized carbons (Fsp3) is 0.294. The van der Waals surface area contributed by atoms with Crippen LogP contribution in [0.2, 0.25) is 0 Å². The Labute approximate surface area is 128 Å². The third-order valence-electron chi connectivity index (χ3n) is 3.99. The van der Waals surface area contributed by atoms with Gasteiger partial charge >= 0.3 is 0 Å². The van der Waals surface area contributed by atoms with Gasteiger partial charge in [-0.2, -0.15) is 0 Å². The van der Waals surface area contributed by atoms with E-state index >= 15 is 0 Å². The maximum atomic E-state index is 12.6. The first-order chi connectivity index (χ1) is 10.7. The van der Waals surface area contributed by atoms with Crippen molar-refractivity contribution in [2.75, 3.05) is 32.7 Å². The van der Waals surface area contributed by atoms with Crippen LogP contribution in [0.3, 0.4) is 0 Å². The van der Waals surface area contributed by atoms with E-state index in [1.165, 1.54) is 6.20 Å². The summed E-state index contributed by atoms with van der Waals surface area (Å²) in [5.74, 6) is 2.39. The molecular weight excluding hydrogens is 278 g/mol. The highest BCUT2D eigenvalue weighted by Gasteiger charge is 2.23. The molecule has 1 fully saturated rings. The average Bonchev–Trinajstić information content (AvgIpc) is 2.56. The molecule has 0 unspecified atom stereocenters. The minimum absolute atomic E-state index is 0.198. The zero-order valence-electron chi connectivity index (χ0n) is 12.2. The second kappa shape index (κ2) is 6.04. The van der Waals surface area contributed by atoms with Crippen molar-refractivity contribution in [3.63, 3.8) is 0 Å². The molecule has 1 saturated heterocycles. The van der Waals surface area contributed by atoms with Crippen molar-refractivity contribution in [2.24, 2.45) is 0 Å². The summed E-state index contributed by atoms with van der Waals surface area (Å²) in [7, 11) is 0. The molecule has 2 aromatic rings. The zero-order chi connectivity index (χ0) is 15.5. The highest BCUT2D eigenvalue weighted by atomic mass is 16.2. The molecule has 1 N–H and O–H groups in total. The van der Waals surface area contributed by atoms with Crippen molar-refractivity contribution in [1.29, 1.82) is 0 Å². The van der Waals surface area contributed by atoms with Crippen molar-refractivity contribution < 1.29 is 4.79 Å². The Bertz CT molecular complexity index is 795. The first kappa shape index (κ1) is 14.4. The Morgan fingerprint density at radius 1 is 1.23 bits per heavy atom. The molecule has 5 nitrogen and oxygen atoms in total. The number of nitrogens with one attached hydrogen (secondary N) is 1. The minimum atomic E-state index is -0.217. The van der Waals surface area contributed by atoms with Crippen molar-refractivity contribution in [3.8, 4) is 12.3 Å². The van der Waals surface area contributed by atoms with Gasteiger partial charge in [0.15, 0.2) is 0 Å². The van der Waals surface area contributed by atoms with Crippen LogP contribution in [0.1, 0.15) is 10.4 Å². The number of pyridine rings is 1. The maximum Gasteiger partial charge on any atom is 0.259 e. The Hall–Kier alpha value is -2.58. The van der Waals surface area contributed by atoms with Crippen LogP contribution in [0.15, 0.2) is 35.3 Å². The van der Waals surface area contributed by atoms with Crippen LogP contribution >= 0.6 is 0 Å². The zero-order valence-corrected chi connectivity index (χ0v) is 12.2.